The zero-order valence-electron chi connectivity index (χ0n) is 13.8. The zero-order valence-corrected chi connectivity index (χ0v) is 13.8. The third-order valence-corrected chi connectivity index (χ3v) is 3.13. The molecule has 17 heteroatoms. The second-order valence-electron chi connectivity index (χ2n) is 5.94. The average molecular weight is 470 g/mol. The third kappa shape index (κ3) is 3.92. The van der Waals surface area contributed by atoms with E-state index < -0.39 is 60.2 Å². The molecule has 29 heavy (non-hydrogen) atoms. The van der Waals surface area contributed by atoms with Crippen molar-refractivity contribution in [3.63, 3.8) is 0 Å². The largest absolute Gasteiger partial charge is 0.461 e. The van der Waals surface area contributed by atoms with Gasteiger partial charge in [-0.25, -0.2) is 4.79 Å². The van der Waals surface area contributed by atoms with Crippen molar-refractivity contribution in [1.29, 1.82) is 0 Å². The lowest BCUT2D eigenvalue weighted by Crippen LogP contribution is -2.73. The predicted octanol–water partition coefficient (Wildman–Crippen LogP) is 5.56. The van der Waals surface area contributed by atoms with Gasteiger partial charge in [0.25, 0.3) is 0 Å². The first-order chi connectivity index (χ1) is 12.3. The van der Waals surface area contributed by atoms with Gasteiger partial charge in [0.05, 0.1) is 6.61 Å². The molecule has 174 valence electrons. The number of hydrogen-bond donors (Lipinski definition) is 0. The minimum Gasteiger partial charge on any atom is -0.461 e. The minimum atomic E-state index is -8.43. The summed E-state index contributed by atoms with van der Waals surface area (Å²) in [7, 11) is 0. The Morgan fingerprint density at radius 1 is 0.621 bits per heavy atom. The highest BCUT2D eigenvalue weighted by Gasteiger charge is 2.94. The number of alkyl halides is 15. The molecule has 0 unspecified atom stereocenters. The van der Waals surface area contributed by atoms with Gasteiger partial charge < -0.3 is 4.74 Å². The van der Waals surface area contributed by atoms with Gasteiger partial charge in [-0.3, -0.25) is 0 Å². The molecule has 2 nitrogen and oxygen atoms in total. The van der Waals surface area contributed by atoms with Gasteiger partial charge in [0, 0.05) is 0 Å². The Labute approximate surface area is 151 Å². The highest BCUT2D eigenvalue weighted by Crippen LogP contribution is 2.62. The Morgan fingerprint density at radius 2 is 0.931 bits per heavy atom. The summed E-state index contributed by atoms with van der Waals surface area (Å²) < 4.78 is 196. The van der Waals surface area contributed by atoms with Gasteiger partial charge in [0.1, 0.15) is 0 Å². The molecule has 0 saturated carbocycles. The minimum absolute atomic E-state index is 0.917. The molecular weight excluding hydrogens is 461 g/mol. The van der Waals surface area contributed by atoms with E-state index >= 15 is 0 Å². The maximum atomic E-state index is 13.3. The summed E-state index contributed by atoms with van der Waals surface area (Å²) in [6, 6.07) is 0. The number of hydrogen-bond acceptors (Lipinski definition) is 2. The number of esters is 1. The van der Waals surface area contributed by atoms with Crippen molar-refractivity contribution in [3.05, 3.63) is 0 Å². The summed E-state index contributed by atoms with van der Waals surface area (Å²) in [5.74, 6) is -52.6. The number of carbonyl (C=O) groups is 1. The maximum absolute atomic E-state index is 13.3. The van der Waals surface area contributed by atoms with Gasteiger partial charge >= 0.3 is 47.7 Å². The molecule has 0 bridgehead atoms. The fourth-order valence-electron chi connectivity index (χ4n) is 1.43. The molecule has 0 radical (unpaired) electrons. The Hall–Kier alpha value is -1.58. The SMILES string of the molecule is CC(C)COC(=O)C(F)(F)C(F)(F)C(F)(F)C(F)(F)C(F)(F)C(F)(F)C(F)(F)F. The summed E-state index contributed by atoms with van der Waals surface area (Å²) in [5.41, 5.74) is 0. The Morgan fingerprint density at radius 3 is 1.24 bits per heavy atom. The van der Waals surface area contributed by atoms with Crippen LogP contribution < -0.4 is 0 Å². The lowest BCUT2D eigenvalue weighted by Gasteiger charge is -2.40. The van der Waals surface area contributed by atoms with Crippen LogP contribution in [0.25, 0.3) is 0 Å². The van der Waals surface area contributed by atoms with Crippen LogP contribution in [0, 0.1) is 5.92 Å². The van der Waals surface area contributed by atoms with Crippen LogP contribution in [0.1, 0.15) is 13.8 Å². The summed E-state index contributed by atoms with van der Waals surface area (Å²) in [5, 5.41) is 0. The summed E-state index contributed by atoms with van der Waals surface area (Å²) in [6.07, 6.45) is -7.68. The van der Waals surface area contributed by atoms with E-state index in [1.807, 2.05) is 0 Å². The quantitative estimate of drug-likeness (QED) is 0.343. The molecule has 0 aliphatic heterocycles. The van der Waals surface area contributed by atoms with Crippen LogP contribution in [0.2, 0.25) is 0 Å². The topological polar surface area (TPSA) is 26.3 Å². The van der Waals surface area contributed by atoms with Crippen molar-refractivity contribution in [2.24, 2.45) is 5.92 Å². The van der Waals surface area contributed by atoms with Crippen LogP contribution in [0.15, 0.2) is 0 Å². The number of rotatable bonds is 8. The summed E-state index contributed by atoms with van der Waals surface area (Å²) in [4.78, 5) is 10.8. The Kier molecular flexibility index (Phi) is 6.88. The molecule has 0 aromatic heterocycles. The first kappa shape index (κ1) is 27.4. The fourth-order valence-corrected chi connectivity index (χ4v) is 1.43. The van der Waals surface area contributed by atoms with E-state index in [1.54, 1.807) is 0 Å². The molecule has 0 aromatic carbocycles. The monoisotopic (exact) mass is 470 g/mol. The van der Waals surface area contributed by atoms with Crippen molar-refractivity contribution < 1.29 is 75.4 Å². The van der Waals surface area contributed by atoms with Crippen molar-refractivity contribution in [1.82, 2.24) is 0 Å². The molecule has 0 atom stereocenters. The van der Waals surface area contributed by atoms with Crippen LogP contribution in [-0.2, 0) is 9.53 Å². The molecule has 0 aliphatic carbocycles. The van der Waals surface area contributed by atoms with Crippen LogP contribution in [0.4, 0.5) is 65.9 Å². The standard InChI is InChI=1S/C12H9F15O2/c1-4(2)3-29-5(28)6(13,14)7(15,16)8(17,18)9(19,20)10(21,22)11(23,24)12(25,26)27/h4H,3H2,1-2H3. The third-order valence-electron chi connectivity index (χ3n) is 3.13. The van der Waals surface area contributed by atoms with Crippen LogP contribution in [-0.4, -0.2) is 54.3 Å². The number of carbonyl (C=O) groups excluding carboxylic acids is 1. The molecule has 0 heterocycles. The Bertz CT molecular complexity index is 605. The van der Waals surface area contributed by atoms with E-state index in [9.17, 15) is 70.7 Å². The first-order valence-electron chi connectivity index (χ1n) is 6.84. The lowest BCUT2D eigenvalue weighted by molar-refractivity contribution is -0.450. The fraction of sp³-hybridized carbons (Fsp3) is 0.917. The number of halogens is 15. The van der Waals surface area contributed by atoms with Gasteiger partial charge in [-0.05, 0) is 5.92 Å². The number of ether oxygens (including phenoxy) is 1. The Balaban J connectivity index is 6.39. The van der Waals surface area contributed by atoms with E-state index in [0.29, 0.717) is 0 Å². The normalized spacial score (nSPS) is 15.7. The second-order valence-corrected chi connectivity index (χ2v) is 5.94. The van der Waals surface area contributed by atoms with E-state index in [2.05, 4.69) is 4.74 Å². The molecule has 0 rings (SSSR count). The molecule has 0 aromatic rings. The van der Waals surface area contributed by atoms with Gasteiger partial charge in [0.2, 0.25) is 0 Å². The van der Waals surface area contributed by atoms with Gasteiger partial charge in [0.15, 0.2) is 0 Å². The predicted molar refractivity (Wildman–Crippen MR) is 61.5 cm³/mol. The van der Waals surface area contributed by atoms with Crippen LogP contribution in [0.3, 0.4) is 0 Å². The van der Waals surface area contributed by atoms with Crippen molar-refractivity contribution >= 4 is 5.97 Å². The zero-order chi connectivity index (χ0) is 24.1. The van der Waals surface area contributed by atoms with Crippen LogP contribution >= 0.6 is 0 Å². The summed E-state index contributed by atoms with van der Waals surface area (Å²) >= 11 is 0. The van der Waals surface area contributed by atoms with E-state index in [1.165, 1.54) is 0 Å². The first-order valence-corrected chi connectivity index (χ1v) is 6.84. The smallest absolute Gasteiger partial charge is 0.460 e. The molecule has 0 aliphatic rings. The van der Waals surface area contributed by atoms with Crippen molar-refractivity contribution in [3.8, 4) is 0 Å². The summed E-state index contributed by atoms with van der Waals surface area (Å²) in [6.45, 7) is 0.993. The van der Waals surface area contributed by atoms with E-state index in [4.69, 9.17) is 0 Å². The lowest BCUT2D eigenvalue weighted by atomic mass is 9.91. The molecule has 0 spiro atoms. The van der Waals surface area contributed by atoms with E-state index in [-0.39, 0.29) is 0 Å². The second kappa shape index (κ2) is 7.28. The van der Waals surface area contributed by atoms with Crippen LogP contribution in [0.5, 0.6) is 0 Å². The van der Waals surface area contributed by atoms with E-state index in [0.717, 1.165) is 13.8 Å². The molecule has 0 fully saturated rings. The molecule has 0 saturated heterocycles. The van der Waals surface area contributed by atoms with Gasteiger partial charge in [-0.1, -0.05) is 13.8 Å². The molecular formula is C12H9F15O2. The van der Waals surface area contributed by atoms with Gasteiger partial charge in [-0.2, -0.15) is 65.9 Å². The average Bonchev–Trinajstić information content (AvgIpc) is 2.50. The highest BCUT2D eigenvalue weighted by atomic mass is 19.4. The molecule has 0 N–H and O–H groups in total. The van der Waals surface area contributed by atoms with Gasteiger partial charge in [-0.15, -0.1) is 0 Å². The maximum Gasteiger partial charge on any atom is 0.460 e. The molecule has 0 amide bonds. The van der Waals surface area contributed by atoms with Crippen molar-refractivity contribution in [2.45, 2.75) is 55.6 Å². The van der Waals surface area contributed by atoms with Crippen molar-refractivity contribution in [2.75, 3.05) is 6.61 Å². The highest BCUT2D eigenvalue weighted by molar-refractivity contribution is 5.79.